The van der Waals surface area contributed by atoms with Gasteiger partial charge in [0.15, 0.2) is 5.78 Å². The van der Waals surface area contributed by atoms with Crippen molar-refractivity contribution in [1.29, 1.82) is 0 Å². The lowest BCUT2D eigenvalue weighted by atomic mass is 10.1. The number of carbonyl (C=O) groups excluding carboxylic acids is 1. The molecular weight excluding hydrogens is 254 g/mol. The number of nitrogens with zero attached hydrogens (tertiary/aromatic N) is 1. The first kappa shape index (κ1) is 14.9. The van der Waals surface area contributed by atoms with E-state index in [4.69, 9.17) is 9.47 Å². The molecule has 4 nitrogen and oxygen atoms in total. The zero-order chi connectivity index (χ0) is 14.4. The Kier molecular flexibility index (Phi) is 5.41. The molecule has 0 aliphatic carbocycles. The Hall–Kier alpha value is -1.55. The summed E-state index contributed by atoms with van der Waals surface area (Å²) in [5.74, 6) is 1.43. The van der Waals surface area contributed by atoms with Gasteiger partial charge in [-0.05, 0) is 38.1 Å². The van der Waals surface area contributed by atoms with E-state index in [9.17, 15) is 4.79 Å². The monoisotopic (exact) mass is 277 g/mol. The third-order valence-corrected chi connectivity index (χ3v) is 3.81. The average Bonchev–Trinajstić information content (AvgIpc) is 2.52. The Balaban J connectivity index is 1.97. The van der Waals surface area contributed by atoms with E-state index in [2.05, 4.69) is 4.90 Å². The molecular formula is C16H23NO3. The van der Waals surface area contributed by atoms with Crippen LogP contribution in [0.2, 0.25) is 0 Å². The van der Waals surface area contributed by atoms with Gasteiger partial charge < -0.3 is 14.4 Å². The fourth-order valence-corrected chi connectivity index (χ4v) is 2.61. The standard InChI is InChI=1S/C16H23NO3/c1-19-13-6-7-14(16(12-13)20-2)15(18)8-11-17-9-4-3-5-10-17/h6-7,12H,3-5,8-11H2,1-2H3. The maximum Gasteiger partial charge on any atom is 0.167 e. The second-order valence-corrected chi connectivity index (χ2v) is 5.14. The quantitative estimate of drug-likeness (QED) is 0.749. The lowest BCUT2D eigenvalue weighted by Gasteiger charge is -2.26. The van der Waals surface area contributed by atoms with E-state index >= 15 is 0 Å². The molecule has 110 valence electrons. The van der Waals surface area contributed by atoms with Gasteiger partial charge >= 0.3 is 0 Å². The molecule has 2 rings (SSSR count). The first-order valence-corrected chi connectivity index (χ1v) is 7.22. The number of Topliss-reactive ketones (excluding diaryl/α,β-unsaturated/α-hetero) is 1. The number of rotatable bonds is 6. The van der Waals surface area contributed by atoms with Gasteiger partial charge in [-0.15, -0.1) is 0 Å². The second kappa shape index (κ2) is 7.29. The highest BCUT2D eigenvalue weighted by atomic mass is 16.5. The smallest absolute Gasteiger partial charge is 0.167 e. The van der Waals surface area contributed by atoms with E-state index in [1.165, 1.54) is 19.3 Å². The summed E-state index contributed by atoms with van der Waals surface area (Å²) in [4.78, 5) is 14.7. The molecule has 0 N–H and O–H groups in total. The van der Waals surface area contributed by atoms with Gasteiger partial charge in [-0.3, -0.25) is 4.79 Å². The number of piperidine rings is 1. The molecule has 0 radical (unpaired) electrons. The van der Waals surface area contributed by atoms with Crippen molar-refractivity contribution in [3.63, 3.8) is 0 Å². The molecule has 0 saturated carbocycles. The van der Waals surface area contributed by atoms with Crippen molar-refractivity contribution in [1.82, 2.24) is 4.90 Å². The van der Waals surface area contributed by atoms with Gasteiger partial charge in [0, 0.05) is 19.0 Å². The van der Waals surface area contributed by atoms with Crippen LogP contribution in [0.5, 0.6) is 11.5 Å². The molecule has 1 aromatic carbocycles. The molecule has 0 aromatic heterocycles. The van der Waals surface area contributed by atoms with E-state index in [0.717, 1.165) is 19.6 Å². The van der Waals surface area contributed by atoms with Crippen molar-refractivity contribution in [2.24, 2.45) is 0 Å². The van der Waals surface area contributed by atoms with Gasteiger partial charge in [-0.1, -0.05) is 6.42 Å². The highest BCUT2D eigenvalue weighted by molar-refractivity contribution is 5.99. The van der Waals surface area contributed by atoms with Crippen LogP contribution in [0.4, 0.5) is 0 Å². The molecule has 1 heterocycles. The average molecular weight is 277 g/mol. The summed E-state index contributed by atoms with van der Waals surface area (Å²) in [6.45, 7) is 3.08. The summed E-state index contributed by atoms with van der Waals surface area (Å²) in [6.07, 6.45) is 4.36. The number of hydrogen-bond donors (Lipinski definition) is 0. The Morgan fingerprint density at radius 2 is 1.90 bits per heavy atom. The van der Waals surface area contributed by atoms with Crippen LogP contribution in [0, 0.1) is 0 Å². The molecule has 0 atom stereocenters. The van der Waals surface area contributed by atoms with Gasteiger partial charge in [-0.2, -0.15) is 0 Å². The molecule has 20 heavy (non-hydrogen) atoms. The molecule has 1 aromatic rings. The second-order valence-electron chi connectivity index (χ2n) is 5.14. The summed E-state index contributed by atoms with van der Waals surface area (Å²) < 4.78 is 10.4. The number of likely N-dealkylation sites (tertiary alicyclic amines) is 1. The van der Waals surface area contributed by atoms with Gasteiger partial charge in [0.2, 0.25) is 0 Å². The molecule has 1 aliphatic rings. The number of ketones is 1. The fourth-order valence-electron chi connectivity index (χ4n) is 2.61. The van der Waals surface area contributed by atoms with Gasteiger partial charge in [0.25, 0.3) is 0 Å². The third kappa shape index (κ3) is 3.73. The van der Waals surface area contributed by atoms with E-state index < -0.39 is 0 Å². The molecule has 4 heteroatoms. The summed E-state index contributed by atoms with van der Waals surface area (Å²) in [5, 5.41) is 0. The van der Waals surface area contributed by atoms with Crippen molar-refractivity contribution in [3.8, 4) is 11.5 Å². The lowest BCUT2D eigenvalue weighted by Crippen LogP contribution is -2.31. The van der Waals surface area contributed by atoms with Crippen LogP contribution < -0.4 is 9.47 Å². The van der Waals surface area contributed by atoms with Crippen molar-refractivity contribution in [2.45, 2.75) is 25.7 Å². The van der Waals surface area contributed by atoms with Crippen LogP contribution in [-0.4, -0.2) is 44.5 Å². The predicted molar refractivity (Wildman–Crippen MR) is 78.8 cm³/mol. The molecule has 0 spiro atoms. The van der Waals surface area contributed by atoms with Crippen LogP contribution in [0.15, 0.2) is 18.2 Å². The Morgan fingerprint density at radius 3 is 2.55 bits per heavy atom. The summed E-state index contributed by atoms with van der Waals surface area (Å²) in [7, 11) is 3.18. The highest BCUT2D eigenvalue weighted by Gasteiger charge is 2.16. The maximum absolute atomic E-state index is 12.3. The molecule has 0 amide bonds. The summed E-state index contributed by atoms with van der Waals surface area (Å²) >= 11 is 0. The van der Waals surface area contributed by atoms with Crippen molar-refractivity contribution < 1.29 is 14.3 Å². The normalized spacial score (nSPS) is 15.9. The van der Waals surface area contributed by atoms with Crippen LogP contribution >= 0.6 is 0 Å². The zero-order valence-electron chi connectivity index (χ0n) is 12.4. The summed E-state index contributed by atoms with van der Waals surface area (Å²) in [6, 6.07) is 5.35. The van der Waals surface area contributed by atoms with E-state index in [-0.39, 0.29) is 5.78 Å². The number of carbonyl (C=O) groups is 1. The predicted octanol–water partition coefficient (Wildman–Crippen LogP) is 2.76. The first-order valence-electron chi connectivity index (χ1n) is 7.22. The SMILES string of the molecule is COc1ccc(C(=O)CCN2CCCCC2)c(OC)c1. The van der Waals surface area contributed by atoms with Crippen LogP contribution in [0.3, 0.4) is 0 Å². The Labute approximate surface area is 120 Å². The zero-order valence-corrected chi connectivity index (χ0v) is 12.4. The van der Waals surface area contributed by atoms with E-state index in [0.29, 0.717) is 23.5 Å². The first-order chi connectivity index (χ1) is 9.74. The van der Waals surface area contributed by atoms with Gasteiger partial charge in [0.1, 0.15) is 11.5 Å². The minimum atomic E-state index is 0.134. The van der Waals surface area contributed by atoms with Gasteiger partial charge in [-0.25, -0.2) is 0 Å². The number of benzene rings is 1. The molecule has 1 fully saturated rings. The van der Waals surface area contributed by atoms with Crippen LogP contribution in [0.1, 0.15) is 36.0 Å². The Bertz CT molecular complexity index is 453. The van der Waals surface area contributed by atoms with E-state index in [1.807, 2.05) is 0 Å². The highest BCUT2D eigenvalue weighted by Crippen LogP contribution is 2.25. The van der Waals surface area contributed by atoms with Crippen molar-refractivity contribution in [2.75, 3.05) is 33.9 Å². The van der Waals surface area contributed by atoms with Crippen molar-refractivity contribution in [3.05, 3.63) is 23.8 Å². The van der Waals surface area contributed by atoms with E-state index in [1.54, 1.807) is 32.4 Å². The largest absolute Gasteiger partial charge is 0.497 e. The topological polar surface area (TPSA) is 38.8 Å². The molecule has 1 saturated heterocycles. The fraction of sp³-hybridized carbons (Fsp3) is 0.562. The lowest BCUT2D eigenvalue weighted by molar-refractivity contribution is 0.0955. The minimum Gasteiger partial charge on any atom is -0.497 e. The third-order valence-electron chi connectivity index (χ3n) is 3.81. The van der Waals surface area contributed by atoms with Crippen LogP contribution in [0.25, 0.3) is 0 Å². The number of ether oxygens (including phenoxy) is 2. The van der Waals surface area contributed by atoms with Crippen LogP contribution in [-0.2, 0) is 0 Å². The molecule has 0 bridgehead atoms. The minimum absolute atomic E-state index is 0.134. The maximum atomic E-state index is 12.3. The molecule has 1 aliphatic heterocycles. The number of methoxy groups -OCH3 is 2. The number of hydrogen-bond acceptors (Lipinski definition) is 4. The summed E-state index contributed by atoms with van der Waals surface area (Å²) in [5.41, 5.74) is 0.644. The Morgan fingerprint density at radius 1 is 1.15 bits per heavy atom. The van der Waals surface area contributed by atoms with Gasteiger partial charge in [0.05, 0.1) is 19.8 Å². The molecule has 0 unspecified atom stereocenters. The van der Waals surface area contributed by atoms with Crippen molar-refractivity contribution >= 4 is 5.78 Å².